The Morgan fingerprint density at radius 1 is 1.44 bits per heavy atom. The molecule has 0 aliphatic heterocycles. The first-order valence-corrected chi connectivity index (χ1v) is 6.99. The van der Waals surface area contributed by atoms with Gasteiger partial charge < -0.3 is 15.8 Å². The van der Waals surface area contributed by atoms with Crippen molar-refractivity contribution in [3.8, 4) is 5.75 Å². The highest BCUT2D eigenvalue weighted by Gasteiger charge is 2.22. The molecule has 1 rings (SSSR count). The van der Waals surface area contributed by atoms with Crippen LogP contribution in [0.25, 0.3) is 0 Å². The van der Waals surface area contributed by atoms with E-state index in [1.807, 2.05) is 6.92 Å². The molecule has 1 aromatic rings. The molecule has 0 amide bonds. The zero-order chi connectivity index (χ0) is 13.9. The molecular weight excluding hydrogens is 248 g/mol. The first-order valence-electron chi connectivity index (χ1n) is 6.18. The van der Waals surface area contributed by atoms with Gasteiger partial charge >= 0.3 is 0 Å². The summed E-state index contributed by atoms with van der Waals surface area (Å²) in [6.07, 6.45) is 0.451. The van der Waals surface area contributed by atoms with E-state index in [0.717, 1.165) is 5.00 Å². The number of ether oxygens (including phenoxy) is 1. The minimum atomic E-state index is 0.0565. The van der Waals surface area contributed by atoms with Crippen LogP contribution in [0, 0.1) is 5.92 Å². The highest BCUT2D eigenvalue weighted by atomic mass is 32.1. The van der Waals surface area contributed by atoms with Gasteiger partial charge in [-0.15, -0.1) is 11.3 Å². The molecule has 0 fully saturated rings. The zero-order valence-corrected chi connectivity index (χ0v) is 12.5. The van der Waals surface area contributed by atoms with Gasteiger partial charge in [-0.3, -0.25) is 4.79 Å². The second-order valence-corrected chi connectivity index (χ2v) is 5.68. The molecule has 0 aliphatic carbocycles. The van der Waals surface area contributed by atoms with Gasteiger partial charge in [0.25, 0.3) is 0 Å². The minimum absolute atomic E-state index is 0.0565. The lowest BCUT2D eigenvalue weighted by molar-refractivity contribution is 0.0992. The molecule has 102 valence electrons. The van der Waals surface area contributed by atoms with Crippen LogP contribution in [0.3, 0.4) is 0 Å². The summed E-state index contributed by atoms with van der Waals surface area (Å²) < 4.78 is 5.30. The van der Waals surface area contributed by atoms with Crippen LogP contribution in [0.4, 0.5) is 10.7 Å². The normalized spacial score (nSPS) is 12.6. The maximum atomic E-state index is 11.8. The number of hydrogen-bond donors (Lipinski definition) is 2. The van der Waals surface area contributed by atoms with E-state index >= 15 is 0 Å². The Bertz CT molecular complexity index is 427. The van der Waals surface area contributed by atoms with Gasteiger partial charge in [-0.25, -0.2) is 0 Å². The van der Waals surface area contributed by atoms with Gasteiger partial charge in [0.2, 0.25) is 0 Å². The van der Waals surface area contributed by atoms with Crippen LogP contribution >= 0.6 is 11.3 Å². The largest absolute Gasteiger partial charge is 0.492 e. The number of ketones is 1. The highest BCUT2D eigenvalue weighted by molar-refractivity contribution is 7.19. The molecule has 0 saturated heterocycles. The van der Waals surface area contributed by atoms with E-state index in [9.17, 15) is 4.79 Å². The molecule has 0 aromatic carbocycles. The molecule has 4 nitrogen and oxygen atoms in total. The fourth-order valence-electron chi connectivity index (χ4n) is 1.47. The van der Waals surface area contributed by atoms with Crippen LogP contribution < -0.4 is 15.8 Å². The molecule has 0 radical (unpaired) electrons. The lowest BCUT2D eigenvalue weighted by Crippen LogP contribution is -2.21. The Kier molecular flexibility index (Phi) is 5.02. The molecular formula is C13H22N2O2S. The third-order valence-electron chi connectivity index (χ3n) is 3.04. The van der Waals surface area contributed by atoms with Crippen LogP contribution in [-0.4, -0.2) is 18.9 Å². The maximum absolute atomic E-state index is 11.8. The number of rotatable bonds is 6. The van der Waals surface area contributed by atoms with Crippen LogP contribution in [-0.2, 0) is 0 Å². The summed E-state index contributed by atoms with van der Waals surface area (Å²) in [5.41, 5.74) is 6.42. The van der Waals surface area contributed by atoms with E-state index < -0.39 is 0 Å². The van der Waals surface area contributed by atoms with Crippen molar-refractivity contribution in [1.82, 2.24) is 0 Å². The number of nitrogens with two attached hydrogens (primary N) is 1. The molecule has 1 unspecified atom stereocenters. The van der Waals surface area contributed by atoms with Crippen LogP contribution in [0.5, 0.6) is 5.75 Å². The molecule has 0 aliphatic rings. The summed E-state index contributed by atoms with van der Waals surface area (Å²) in [5.74, 6) is 1.13. The van der Waals surface area contributed by atoms with E-state index in [-0.39, 0.29) is 5.78 Å². The van der Waals surface area contributed by atoms with Gasteiger partial charge in [-0.05, 0) is 12.8 Å². The van der Waals surface area contributed by atoms with E-state index in [1.165, 1.54) is 11.3 Å². The summed E-state index contributed by atoms with van der Waals surface area (Å²) in [6, 6.07) is 0.293. The number of anilines is 2. The van der Waals surface area contributed by atoms with Crippen LogP contribution in [0.15, 0.2) is 0 Å². The van der Waals surface area contributed by atoms with Crippen molar-refractivity contribution in [1.29, 1.82) is 0 Å². The fraction of sp³-hybridized carbons (Fsp3) is 0.615. The van der Waals surface area contributed by atoms with Crippen LogP contribution in [0.2, 0.25) is 0 Å². The molecule has 0 spiro atoms. The first-order chi connectivity index (χ1) is 8.42. The predicted molar refractivity (Wildman–Crippen MR) is 77.8 cm³/mol. The van der Waals surface area contributed by atoms with Gasteiger partial charge in [0.05, 0.1) is 17.7 Å². The van der Waals surface area contributed by atoms with Crippen molar-refractivity contribution in [2.24, 2.45) is 5.92 Å². The number of carbonyl (C=O) groups is 1. The summed E-state index contributed by atoms with van der Waals surface area (Å²) in [6.45, 7) is 8.21. The number of nitrogens with one attached hydrogen (secondary N) is 1. The Balaban J connectivity index is 3.08. The van der Waals surface area contributed by atoms with E-state index in [4.69, 9.17) is 10.5 Å². The number of methoxy groups -OCH3 is 1. The van der Waals surface area contributed by atoms with E-state index in [2.05, 4.69) is 26.1 Å². The number of hydrogen-bond acceptors (Lipinski definition) is 5. The van der Waals surface area contributed by atoms with Gasteiger partial charge in [-0.1, -0.05) is 20.8 Å². The third-order valence-corrected chi connectivity index (χ3v) is 4.20. The Hall–Kier alpha value is -1.23. The summed E-state index contributed by atoms with van der Waals surface area (Å²) in [7, 11) is 1.57. The average molecular weight is 270 g/mol. The number of thiophene rings is 1. The second kappa shape index (κ2) is 6.09. The van der Waals surface area contributed by atoms with Crippen molar-refractivity contribution < 1.29 is 9.53 Å². The molecule has 0 bridgehead atoms. The lowest BCUT2D eigenvalue weighted by Gasteiger charge is -2.18. The van der Waals surface area contributed by atoms with Crippen molar-refractivity contribution in [3.05, 3.63) is 4.88 Å². The molecule has 18 heavy (non-hydrogen) atoms. The monoisotopic (exact) mass is 270 g/mol. The highest BCUT2D eigenvalue weighted by Crippen LogP contribution is 2.43. The second-order valence-electron chi connectivity index (χ2n) is 4.66. The zero-order valence-electron chi connectivity index (χ0n) is 11.7. The molecule has 5 heteroatoms. The van der Waals surface area contributed by atoms with E-state index in [1.54, 1.807) is 7.11 Å². The van der Waals surface area contributed by atoms with Crippen molar-refractivity contribution in [3.63, 3.8) is 0 Å². The maximum Gasteiger partial charge on any atom is 0.176 e. The molecule has 1 aromatic heterocycles. The molecule has 0 saturated carbocycles. The Labute approximate surface area is 113 Å². The van der Waals surface area contributed by atoms with Gasteiger partial charge in [0.1, 0.15) is 5.00 Å². The molecule has 1 atom stereocenters. The number of carbonyl (C=O) groups excluding carboxylic acids is 1. The first kappa shape index (κ1) is 14.8. The van der Waals surface area contributed by atoms with E-state index in [0.29, 0.717) is 34.7 Å². The lowest BCUT2D eigenvalue weighted by atomic mass is 10.1. The quantitative estimate of drug-likeness (QED) is 0.778. The van der Waals surface area contributed by atoms with Gasteiger partial charge in [0, 0.05) is 12.5 Å². The fourth-order valence-corrected chi connectivity index (χ4v) is 2.66. The molecule has 1 heterocycles. The standard InChI is InChI=1S/C13H22N2O2S/c1-6-9(16)12-10(14)11(17-5)13(18-12)15-8(4)7(2)3/h7-8,15H,6,14H2,1-5H3. The minimum Gasteiger partial charge on any atom is -0.492 e. The van der Waals surface area contributed by atoms with Crippen molar-refractivity contribution >= 4 is 27.8 Å². The number of Topliss-reactive ketones (excluding diaryl/α,β-unsaturated/α-hetero) is 1. The number of nitrogen functional groups attached to an aromatic ring is 1. The molecule has 3 N–H and O–H groups in total. The smallest absolute Gasteiger partial charge is 0.176 e. The van der Waals surface area contributed by atoms with Crippen molar-refractivity contribution in [2.75, 3.05) is 18.2 Å². The van der Waals surface area contributed by atoms with Gasteiger partial charge in [-0.2, -0.15) is 0 Å². The summed E-state index contributed by atoms with van der Waals surface area (Å²) >= 11 is 1.38. The Morgan fingerprint density at radius 2 is 2.06 bits per heavy atom. The van der Waals surface area contributed by atoms with Crippen molar-refractivity contribution in [2.45, 2.75) is 40.2 Å². The topological polar surface area (TPSA) is 64.3 Å². The SMILES string of the molecule is CCC(=O)c1sc(NC(C)C(C)C)c(OC)c1N. The average Bonchev–Trinajstić information content (AvgIpc) is 2.64. The summed E-state index contributed by atoms with van der Waals surface area (Å²) in [5, 5.41) is 4.20. The predicted octanol–water partition coefficient (Wildman–Crippen LogP) is 3.39. The van der Waals surface area contributed by atoms with Crippen LogP contribution in [0.1, 0.15) is 43.8 Å². The van der Waals surface area contributed by atoms with Gasteiger partial charge in [0.15, 0.2) is 11.5 Å². The Morgan fingerprint density at radius 3 is 2.50 bits per heavy atom. The summed E-state index contributed by atoms with van der Waals surface area (Å²) in [4.78, 5) is 12.4. The third kappa shape index (κ3) is 2.96.